The number of nitrogens with zero attached hydrogens (tertiary/aromatic N) is 2. The molecule has 2 heterocycles. The highest BCUT2D eigenvalue weighted by Crippen LogP contribution is 2.24. The summed E-state index contributed by atoms with van der Waals surface area (Å²) in [5.41, 5.74) is 2.58. The fourth-order valence-electron chi connectivity index (χ4n) is 2.39. The molecule has 0 aliphatic carbocycles. The molecular weight excluding hydrogens is 214 g/mol. The number of aromatic nitrogens is 1. The van der Waals surface area contributed by atoms with Crippen LogP contribution in [0.4, 0.5) is 5.69 Å². The zero-order valence-electron chi connectivity index (χ0n) is 10.6. The van der Waals surface area contributed by atoms with Gasteiger partial charge < -0.3 is 15.0 Å². The van der Waals surface area contributed by atoms with E-state index in [4.69, 9.17) is 4.74 Å². The highest BCUT2D eigenvalue weighted by molar-refractivity contribution is 5.52. The van der Waals surface area contributed by atoms with Gasteiger partial charge in [0.1, 0.15) is 0 Å². The molecular formula is C13H21N3O. The van der Waals surface area contributed by atoms with E-state index in [2.05, 4.69) is 21.3 Å². The second-order valence-electron chi connectivity index (χ2n) is 4.46. The topological polar surface area (TPSA) is 37.4 Å². The summed E-state index contributed by atoms with van der Waals surface area (Å²) >= 11 is 0. The van der Waals surface area contributed by atoms with Crippen molar-refractivity contribution in [1.82, 2.24) is 10.3 Å². The van der Waals surface area contributed by atoms with Crippen LogP contribution in [0.2, 0.25) is 0 Å². The van der Waals surface area contributed by atoms with Gasteiger partial charge in [0.15, 0.2) is 0 Å². The van der Waals surface area contributed by atoms with Crippen LogP contribution >= 0.6 is 0 Å². The van der Waals surface area contributed by atoms with E-state index in [0.29, 0.717) is 6.10 Å². The summed E-state index contributed by atoms with van der Waals surface area (Å²) in [4.78, 5) is 6.63. The molecule has 0 radical (unpaired) electrons. The molecule has 1 aliphatic heterocycles. The summed E-state index contributed by atoms with van der Waals surface area (Å²) in [7, 11) is 3.77. The van der Waals surface area contributed by atoms with E-state index in [0.717, 1.165) is 32.5 Å². The third kappa shape index (κ3) is 2.96. The quantitative estimate of drug-likeness (QED) is 0.856. The number of anilines is 1. The number of piperidine rings is 1. The summed E-state index contributed by atoms with van der Waals surface area (Å²) in [6, 6.07) is 2.11. The lowest BCUT2D eigenvalue weighted by molar-refractivity contribution is 0.0819. The van der Waals surface area contributed by atoms with E-state index < -0.39 is 0 Å². The molecule has 0 saturated carbocycles. The summed E-state index contributed by atoms with van der Waals surface area (Å²) in [5, 5.41) is 3.19. The Kier molecular flexibility index (Phi) is 4.34. The van der Waals surface area contributed by atoms with E-state index >= 15 is 0 Å². The molecule has 0 unspecified atom stereocenters. The molecule has 0 amide bonds. The van der Waals surface area contributed by atoms with Crippen molar-refractivity contribution in [2.75, 3.05) is 32.1 Å². The number of pyridine rings is 1. The van der Waals surface area contributed by atoms with E-state index in [1.54, 1.807) is 7.11 Å². The zero-order chi connectivity index (χ0) is 12.1. The molecule has 4 nitrogen and oxygen atoms in total. The number of methoxy groups -OCH3 is 1. The van der Waals surface area contributed by atoms with E-state index in [1.165, 1.54) is 11.3 Å². The standard InChI is InChI=1S/C13H21N3O/c1-14-9-11-10-15-6-3-13(11)16-7-4-12(17-2)5-8-16/h3,6,10,12,14H,4-5,7-9H2,1-2H3. The molecule has 0 aromatic carbocycles. The SMILES string of the molecule is CNCc1cnccc1N1CCC(OC)CC1. The van der Waals surface area contributed by atoms with E-state index in [-0.39, 0.29) is 0 Å². The number of hydrogen-bond acceptors (Lipinski definition) is 4. The van der Waals surface area contributed by atoms with Crippen molar-refractivity contribution in [2.45, 2.75) is 25.5 Å². The van der Waals surface area contributed by atoms with Gasteiger partial charge in [-0.2, -0.15) is 0 Å². The molecule has 4 heteroatoms. The van der Waals surface area contributed by atoms with Crippen molar-refractivity contribution in [3.05, 3.63) is 24.0 Å². The number of hydrogen-bond donors (Lipinski definition) is 1. The fourth-order valence-corrected chi connectivity index (χ4v) is 2.39. The van der Waals surface area contributed by atoms with Gasteiger partial charge in [-0.15, -0.1) is 0 Å². The summed E-state index contributed by atoms with van der Waals surface area (Å²) in [6.07, 6.45) is 6.47. The molecule has 1 N–H and O–H groups in total. The van der Waals surface area contributed by atoms with Gasteiger partial charge in [-0.05, 0) is 26.0 Å². The largest absolute Gasteiger partial charge is 0.381 e. The van der Waals surface area contributed by atoms with Crippen molar-refractivity contribution in [3.63, 3.8) is 0 Å². The second kappa shape index (κ2) is 5.98. The van der Waals surface area contributed by atoms with Crippen LogP contribution < -0.4 is 10.2 Å². The molecule has 94 valence electrons. The maximum absolute atomic E-state index is 5.40. The minimum Gasteiger partial charge on any atom is -0.381 e. The minimum atomic E-state index is 0.431. The molecule has 1 aliphatic rings. The molecule has 1 aromatic rings. The Morgan fingerprint density at radius 1 is 1.47 bits per heavy atom. The lowest BCUT2D eigenvalue weighted by Gasteiger charge is -2.34. The van der Waals surface area contributed by atoms with Gasteiger partial charge >= 0.3 is 0 Å². The third-order valence-corrected chi connectivity index (χ3v) is 3.36. The average molecular weight is 235 g/mol. The molecule has 1 fully saturated rings. The van der Waals surface area contributed by atoms with Crippen LogP contribution in [-0.2, 0) is 11.3 Å². The summed E-state index contributed by atoms with van der Waals surface area (Å²) < 4.78 is 5.40. The minimum absolute atomic E-state index is 0.431. The fraction of sp³-hybridized carbons (Fsp3) is 0.615. The Morgan fingerprint density at radius 2 is 2.24 bits per heavy atom. The average Bonchev–Trinajstić information content (AvgIpc) is 2.40. The van der Waals surface area contributed by atoms with Crippen molar-refractivity contribution in [1.29, 1.82) is 0 Å². The Bertz CT molecular complexity index is 348. The molecule has 2 rings (SSSR count). The van der Waals surface area contributed by atoms with Crippen LogP contribution in [-0.4, -0.2) is 38.3 Å². The smallest absolute Gasteiger partial charge is 0.0605 e. The highest BCUT2D eigenvalue weighted by atomic mass is 16.5. The molecule has 1 saturated heterocycles. The van der Waals surface area contributed by atoms with Crippen molar-refractivity contribution < 1.29 is 4.74 Å². The maximum atomic E-state index is 5.40. The molecule has 1 aromatic heterocycles. The van der Waals surface area contributed by atoms with Crippen molar-refractivity contribution in [3.8, 4) is 0 Å². The molecule has 0 bridgehead atoms. The van der Waals surface area contributed by atoms with Crippen LogP contribution in [0.5, 0.6) is 0 Å². The lowest BCUT2D eigenvalue weighted by Crippen LogP contribution is -2.37. The van der Waals surface area contributed by atoms with Crippen molar-refractivity contribution in [2.24, 2.45) is 0 Å². The number of rotatable bonds is 4. The zero-order valence-corrected chi connectivity index (χ0v) is 10.6. The first-order valence-electron chi connectivity index (χ1n) is 6.20. The van der Waals surface area contributed by atoms with Gasteiger partial charge in [0.05, 0.1) is 6.10 Å². The Labute approximate surface area is 103 Å². The van der Waals surface area contributed by atoms with Crippen molar-refractivity contribution >= 4 is 5.69 Å². The summed E-state index contributed by atoms with van der Waals surface area (Å²) in [6.45, 7) is 3.01. The first-order chi connectivity index (χ1) is 8.35. The van der Waals surface area contributed by atoms with E-state index in [9.17, 15) is 0 Å². The highest BCUT2D eigenvalue weighted by Gasteiger charge is 2.20. The van der Waals surface area contributed by atoms with Crippen LogP contribution in [0.1, 0.15) is 18.4 Å². The first kappa shape index (κ1) is 12.3. The van der Waals surface area contributed by atoms with Crippen LogP contribution in [0.3, 0.4) is 0 Å². The van der Waals surface area contributed by atoms with Crippen LogP contribution in [0, 0.1) is 0 Å². The van der Waals surface area contributed by atoms with Gasteiger partial charge in [0.2, 0.25) is 0 Å². The predicted molar refractivity (Wildman–Crippen MR) is 69.2 cm³/mol. The van der Waals surface area contributed by atoms with Gasteiger partial charge in [-0.25, -0.2) is 0 Å². The lowest BCUT2D eigenvalue weighted by atomic mass is 10.1. The van der Waals surface area contributed by atoms with E-state index in [1.807, 2.05) is 19.4 Å². The maximum Gasteiger partial charge on any atom is 0.0605 e. The number of nitrogens with one attached hydrogen (secondary N) is 1. The van der Waals surface area contributed by atoms with Gasteiger partial charge in [-0.3, -0.25) is 4.98 Å². The predicted octanol–water partition coefficient (Wildman–Crippen LogP) is 1.42. The van der Waals surface area contributed by atoms with Crippen LogP contribution in [0.15, 0.2) is 18.5 Å². The van der Waals surface area contributed by atoms with Gasteiger partial charge in [0, 0.05) is 50.4 Å². The normalized spacial score (nSPS) is 17.4. The molecule has 0 spiro atoms. The Morgan fingerprint density at radius 3 is 2.88 bits per heavy atom. The molecule has 0 atom stereocenters. The second-order valence-corrected chi connectivity index (χ2v) is 4.46. The third-order valence-electron chi connectivity index (χ3n) is 3.36. The summed E-state index contributed by atoms with van der Waals surface area (Å²) in [5.74, 6) is 0. The number of ether oxygens (including phenoxy) is 1. The molecule has 17 heavy (non-hydrogen) atoms. The monoisotopic (exact) mass is 235 g/mol. The Hall–Kier alpha value is -1.13. The Balaban J connectivity index is 2.07. The van der Waals surface area contributed by atoms with Crippen LogP contribution in [0.25, 0.3) is 0 Å². The first-order valence-corrected chi connectivity index (χ1v) is 6.20. The van der Waals surface area contributed by atoms with Gasteiger partial charge in [0.25, 0.3) is 0 Å². The van der Waals surface area contributed by atoms with Gasteiger partial charge in [-0.1, -0.05) is 0 Å².